The van der Waals surface area contributed by atoms with E-state index in [1.54, 1.807) is 12.1 Å². The Labute approximate surface area is 205 Å². The van der Waals surface area contributed by atoms with Crippen molar-refractivity contribution in [3.8, 4) is 11.4 Å². The molecule has 33 heavy (non-hydrogen) atoms. The molecule has 1 N–H and O–H groups in total. The molecule has 4 aromatic rings. The second-order valence-corrected chi connectivity index (χ2v) is 8.91. The van der Waals surface area contributed by atoms with Crippen molar-refractivity contribution in [2.24, 2.45) is 0 Å². The summed E-state index contributed by atoms with van der Waals surface area (Å²) in [5.74, 6) is 1.64. The van der Waals surface area contributed by atoms with E-state index in [-0.39, 0.29) is 0 Å². The van der Waals surface area contributed by atoms with Gasteiger partial charge in [-0.3, -0.25) is 0 Å². The first-order valence-electron chi connectivity index (χ1n) is 11.3. The summed E-state index contributed by atoms with van der Waals surface area (Å²) in [7, 11) is 0. The highest BCUT2D eigenvalue weighted by atomic mass is 35.5. The summed E-state index contributed by atoms with van der Waals surface area (Å²) in [5.41, 5.74) is 4.65. The highest BCUT2D eigenvalue weighted by Gasteiger charge is 2.18. The number of nitrogens with one attached hydrogen (secondary N) is 1. The van der Waals surface area contributed by atoms with Crippen LogP contribution in [0, 0.1) is 0 Å². The summed E-state index contributed by atoms with van der Waals surface area (Å²) < 4.78 is 0. The third-order valence-electron chi connectivity index (χ3n) is 5.91. The fourth-order valence-corrected chi connectivity index (χ4v) is 4.83. The van der Waals surface area contributed by atoms with Crippen LogP contribution in [-0.4, -0.2) is 9.97 Å². The Morgan fingerprint density at radius 2 is 1.61 bits per heavy atom. The summed E-state index contributed by atoms with van der Waals surface area (Å²) >= 11 is 12.9. The molecule has 3 nitrogen and oxygen atoms in total. The van der Waals surface area contributed by atoms with Gasteiger partial charge in [-0.1, -0.05) is 92.5 Å². The molecule has 0 saturated carbocycles. The first kappa shape index (κ1) is 23.3. The molecule has 0 bridgehead atoms. The summed E-state index contributed by atoms with van der Waals surface area (Å²) in [6.07, 6.45) is 3.38. The summed E-state index contributed by atoms with van der Waals surface area (Å²) in [5, 5.41) is 5.41. The molecule has 1 atom stereocenters. The summed E-state index contributed by atoms with van der Waals surface area (Å²) in [6.45, 7) is 8.85. The molecule has 168 valence electrons. The van der Waals surface area contributed by atoms with Crippen molar-refractivity contribution in [1.82, 2.24) is 9.97 Å². The smallest absolute Gasteiger partial charge is 0.165 e. The van der Waals surface area contributed by atoms with Gasteiger partial charge in [0.1, 0.15) is 5.82 Å². The zero-order chi connectivity index (χ0) is 23.4. The number of nitrogens with zero attached hydrogens (tertiary/aromatic N) is 2. The zero-order valence-corrected chi connectivity index (χ0v) is 20.4. The van der Waals surface area contributed by atoms with Crippen molar-refractivity contribution in [3.63, 3.8) is 0 Å². The van der Waals surface area contributed by atoms with E-state index in [1.165, 1.54) is 5.56 Å². The Morgan fingerprint density at radius 3 is 2.33 bits per heavy atom. The summed E-state index contributed by atoms with van der Waals surface area (Å²) in [4.78, 5) is 9.58. The second kappa shape index (κ2) is 10.4. The monoisotopic (exact) mass is 475 g/mol. The second-order valence-electron chi connectivity index (χ2n) is 8.09. The molecule has 3 aromatic carbocycles. The lowest BCUT2D eigenvalue weighted by molar-refractivity contribution is 0.595. The number of benzene rings is 3. The number of hydrogen-bond donors (Lipinski definition) is 1. The van der Waals surface area contributed by atoms with Crippen molar-refractivity contribution in [1.29, 1.82) is 0 Å². The lowest BCUT2D eigenvalue weighted by Crippen LogP contribution is -2.07. The van der Waals surface area contributed by atoms with Crippen LogP contribution in [-0.2, 0) is 0 Å². The van der Waals surface area contributed by atoms with Crippen LogP contribution >= 0.6 is 23.2 Å². The van der Waals surface area contributed by atoms with Gasteiger partial charge in [0.05, 0.1) is 21.1 Å². The minimum absolute atomic E-state index is 0.477. The lowest BCUT2D eigenvalue weighted by atomic mass is 9.88. The lowest BCUT2D eigenvalue weighted by Gasteiger charge is -2.21. The third-order valence-corrected chi connectivity index (χ3v) is 6.54. The van der Waals surface area contributed by atoms with Crippen LogP contribution in [0.5, 0.6) is 0 Å². The maximum Gasteiger partial charge on any atom is 0.165 e. The first-order chi connectivity index (χ1) is 16.0. The highest BCUT2D eigenvalue weighted by Crippen LogP contribution is 2.36. The van der Waals surface area contributed by atoms with Crippen LogP contribution in [0.3, 0.4) is 0 Å². The van der Waals surface area contributed by atoms with E-state index in [4.69, 9.17) is 33.2 Å². The number of aromatic nitrogens is 2. The number of anilines is 1. The Balaban J connectivity index is 1.80. The molecular weight excluding hydrogens is 449 g/mol. The van der Waals surface area contributed by atoms with E-state index in [0.717, 1.165) is 41.4 Å². The SMILES string of the molecule is C=C(Nc1nc(-c2c(Cl)cccc2Cl)nc2ccccc12)c1ccccc1C(CC)CCC. The Kier molecular flexibility index (Phi) is 7.32. The molecule has 5 heteroatoms. The van der Waals surface area contributed by atoms with Gasteiger partial charge >= 0.3 is 0 Å². The standard InChI is InChI=1S/C28H27Cl2N3/c1-4-11-19(5-2)21-13-7-6-12-20(21)18(3)31-27-22-14-8-9-17-25(22)32-28(33-27)26-23(29)15-10-16-24(26)30/h6-10,12-17,19H,3-5,11H2,1-2H3,(H,31,32,33). The van der Waals surface area contributed by atoms with E-state index in [9.17, 15) is 0 Å². The van der Waals surface area contributed by atoms with Gasteiger partial charge in [0.15, 0.2) is 5.82 Å². The normalized spacial score (nSPS) is 12.0. The van der Waals surface area contributed by atoms with Crippen LogP contribution in [0.15, 0.2) is 73.3 Å². The molecule has 1 unspecified atom stereocenters. The number of para-hydroxylation sites is 1. The van der Waals surface area contributed by atoms with E-state index in [2.05, 4.69) is 50.0 Å². The number of halogens is 2. The number of fused-ring (bicyclic) bond motifs is 1. The zero-order valence-electron chi connectivity index (χ0n) is 18.9. The van der Waals surface area contributed by atoms with Gasteiger partial charge in [-0.25, -0.2) is 9.97 Å². The minimum Gasteiger partial charge on any atom is -0.340 e. The Bertz CT molecular complexity index is 1280. The molecule has 1 aromatic heterocycles. The minimum atomic E-state index is 0.477. The topological polar surface area (TPSA) is 37.8 Å². The van der Waals surface area contributed by atoms with Gasteiger partial charge in [-0.05, 0) is 48.6 Å². The van der Waals surface area contributed by atoms with Crippen LogP contribution in [0.4, 0.5) is 5.82 Å². The molecule has 0 spiro atoms. The average Bonchev–Trinajstić information content (AvgIpc) is 2.82. The molecule has 0 amide bonds. The highest BCUT2D eigenvalue weighted by molar-refractivity contribution is 6.39. The maximum atomic E-state index is 6.47. The molecule has 4 rings (SSSR count). The Morgan fingerprint density at radius 1 is 0.909 bits per heavy atom. The maximum absolute atomic E-state index is 6.47. The fourth-order valence-electron chi connectivity index (χ4n) is 4.26. The predicted molar refractivity (Wildman–Crippen MR) is 142 cm³/mol. The molecule has 0 radical (unpaired) electrons. The van der Waals surface area contributed by atoms with Crippen molar-refractivity contribution < 1.29 is 0 Å². The van der Waals surface area contributed by atoms with Crippen molar-refractivity contribution in [2.45, 2.75) is 39.0 Å². The van der Waals surface area contributed by atoms with Crippen molar-refractivity contribution >= 4 is 45.6 Å². The summed E-state index contributed by atoms with van der Waals surface area (Å²) in [6, 6.07) is 21.8. The molecule has 0 fully saturated rings. The quantitative estimate of drug-likeness (QED) is 0.276. The van der Waals surface area contributed by atoms with Crippen LogP contribution < -0.4 is 5.32 Å². The van der Waals surface area contributed by atoms with Gasteiger partial charge in [0.25, 0.3) is 0 Å². The number of hydrogen-bond acceptors (Lipinski definition) is 3. The van der Waals surface area contributed by atoms with Crippen molar-refractivity contribution in [3.05, 3.63) is 94.5 Å². The molecule has 0 aliphatic heterocycles. The molecule has 0 aliphatic carbocycles. The van der Waals surface area contributed by atoms with Crippen molar-refractivity contribution in [2.75, 3.05) is 5.32 Å². The number of rotatable bonds is 8. The largest absolute Gasteiger partial charge is 0.340 e. The van der Waals surface area contributed by atoms with Crippen LogP contribution in [0.2, 0.25) is 10.0 Å². The average molecular weight is 476 g/mol. The Hall–Kier alpha value is -2.88. The molecule has 1 heterocycles. The van der Waals surface area contributed by atoms with Crippen LogP contribution in [0.1, 0.15) is 50.2 Å². The molecule has 0 saturated heterocycles. The first-order valence-corrected chi connectivity index (χ1v) is 12.0. The van der Waals surface area contributed by atoms with E-state index in [1.807, 2.05) is 30.3 Å². The fraction of sp³-hybridized carbons (Fsp3) is 0.214. The van der Waals surface area contributed by atoms with E-state index < -0.39 is 0 Å². The van der Waals surface area contributed by atoms with Gasteiger partial charge in [-0.2, -0.15) is 0 Å². The molecular formula is C28H27Cl2N3. The van der Waals surface area contributed by atoms with Gasteiger partial charge in [0.2, 0.25) is 0 Å². The van der Waals surface area contributed by atoms with Crippen LogP contribution in [0.25, 0.3) is 28.0 Å². The van der Waals surface area contributed by atoms with Gasteiger partial charge in [0, 0.05) is 16.6 Å². The van der Waals surface area contributed by atoms with Gasteiger partial charge < -0.3 is 5.32 Å². The van der Waals surface area contributed by atoms with E-state index >= 15 is 0 Å². The molecule has 0 aliphatic rings. The predicted octanol–water partition coefficient (Wildman–Crippen LogP) is 8.98. The van der Waals surface area contributed by atoms with E-state index in [0.29, 0.717) is 33.2 Å². The van der Waals surface area contributed by atoms with Gasteiger partial charge in [-0.15, -0.1) is 0 Å². The third kappa shape index (κ3) is 4.90.